The highest BCUT2D eigenvalue weighted by atomic mass is 35.5. The van der Waals surface area contributed by atoms with Crippen molar-refractivity contribution >= 4 is 62.8 Å². The van der Waals surface area contributed by atoms with E-state index < -0.39 is 65.7 Å². The largest absolute Gasteiger partial charge is 0.495 e. The fraction of sp³-hybridized carbons (Fsp3) is 0.611. The van der Waals surface area contributed by atoms with Gasteiger partial charge in [-0.2, -0.15) is 0 Å². The molecule has 0 aliphatic carbocycles. The van der Waals surface area contributed by atoms with Gasteiger partial charge in [0.25, 0.3) is 0 Å². The van der Waals surface area contributed by atoms with E-state index in [2.05, 4.69) is 5.32 Å². The van der Waals surface area contributed by atoms with Gasteiger partial charge in [-0.1, -0.05) is 63.9 Å². The highest BCUT2D eigenvalue weighted by molar-refractivity contribution is 8.76. The number of hydrogen-bond donors (Lipinski definition) is 2. The number of esters is 1. The monoisotopic (exact) mass is 783 g/mol. The highest BCUT2D eigenvalue weighted by Gasteiger charge is 2.64. The maximum atomic E-state index is 14.1. The average Bonchev–Trinajstić information content (AvgIpc) is 3.80. The number of benzene rings is 1. The van der Waals surface area contributed by atoms with Gasteiger partial charge in [0, 0.05) is 45.7 Å². The van der Waals surface area contributed by atoms with Crippen molar-refractivity contribution in [1.82, 2.24) is 10.2 Å². The van der Waals surface area contributed by atoms with E-state index in [0.29, 0.717) is 23.6 Å². The minimum Gasteiger partial charge on any atom is -0.495 e. The smallest absolute Gasteiger partial charge is 0.409 e. The van der Waals surface area contributed by atoms with Crippen LogP contribution < -0.4 is 15.0 Å². The fourth-order valence-corrected chi connectivity index (χ4v) is 8.09. The number of nitrogens with zero attached hydrogens (tertiary/aromatic N) is 2. The van der Waals surface area contributed by atoms with Gasteiger partial charge in [-0.15, -0.1) is 0 Å². The third kappa shape index (κ3) is 9.40. The number of nitrogens with one attached hydrogen (secondary N) is 1. The lowest BCUT2D eigenvalue weighted by Crippen LogP contribution is -2.63. The normalized spacial score (nSPS) is 29.9. The Bertz CT molecular complexity index is 1580. The third-order valence-electron chi connectivity index (χ3n) is 10.0. The molecule has 3 amide bonds. The molecule has 288 valence electrons. The number of rotatable bonds is 9. The standard InChI is InChI=1S/C36H50ClN3O10S2/c1-20-11-10-12-27(47-8)36(45)19-26(48-34(44)38-36)21(2)32-35(4,50-32)28(49-33(43)22(3)39(5)29(41)13-14-52-51-9)18-30(42)40(6)24-16-23(15-20)17-25(46-7)31(24)37/h10-12,16-17,21-22,26-28,32,45H,13-15,18-19H2,1-9H3,(H,38,44)/t21-,22+,26+,27-,28+,32+,35+,36+/m1/s1. The number of methoxy groups -OCH3 is 2. The number of aliphatic hydroxyl groups is 1. The first kappa shape index (κ1) is 41.8. The van der Waals surface area contributed by atoms with Crippen LogP contribution in [0.4, 0.5) is 10.5 Å². The lowest BCUT2D eigenvalue weighted by atomic mass is 9.83. The van der Waals surface area contributed by atoms with Crippen LogP contribution in [0.15, 0.2) is 35.9 Å². The number of likely N-dealkylation sites (N-methyl/N-ethyl adjacent to an activating group) is 1. The van der Waals surface area contributed by atoms with Gasteiger partial charge >= 0.3 is 12.1 Å². The number of ether oxygens (including phenoxy) is 5. The molecule has 1 aromatic rings. The maximum Gasteiger partial charge on any atom is 0.409 e. The summed E-state index contributed by atoms with van der Waals surface area (Å²) in [4.78, 5) is 56.2. The van der Waals surface area contributed by atoms with Gasteiger partial charge in [0.2, 0.25) is 11.8 Å². The summed E-state index contributed by atoms with van der Waals surface area (Å²) >= 11 is 6.75. The van der Waals surface area contributed by atoms with E-state index in [1.54, 1.807) is 73.7 Å². The molecule has 13 nitrogen and oxygen atoms in total. The van der Waals surface area contributed by atoms with E-state index in [0.717, 1.165) is 11.1 Å². The second kappa shape index (κ2) is 17.5. The minimum absolute atomic E-state index is 0.0452. The molecule has 3 aliphatic rings. The molecule has 3 aliphatic heterocycles. The Hall–Kier alpha value is -2.95. The number of fused-ring (bicyclic) bond motifs is 5. The molecule has 1 aromatic carbocycles. The van der Waals surface area contributed by atoms with E-state index in [1.807, 2.05) is 19.3 Å². The number of epoxide rings is 1. The van der Waals surface area contributed by atoms with Crippen LogP contribution in [0.3, 0.4) is 0 Å². The number of anilines is 1. The minimum atomic E-state index is -1.82. The van der Waals surface area contributed by atoms with Crippen molar-refractivity contribution in [3.05, 3.63) is 46.5 Å². The zero-order valence-electron chi connectivity index (χ0n) is 31.1. The van der Waals surface area contributed by atoms with Crippen LogP contribution in [0, 0.1) is 5.92 Å². The Balaban J connectivity index is 1.74. The van der Waals surface area contributed by atoms with Gasteiger partial charge in [0.15, 0.2) is 5.72 Å². The van der Waals surface area contributed by atoms with Crippen LogP contribution in [0.5, 0.6) is 5.75 Å². The quantitative estimate of drug-likeness (QED) is 0.151. The van der Waals surface area contributed by atoms with Gasteiger partial charge < -0.3 is 38.6 Å². The van der Waals surface area contributed by atoms with Crippen molar-refractivity contribution in [3.63, 3.8) is 0 Å². The molecule has 52 heavy (non-hydrogen) atoms. The molecule has 16 heteroatoms. The molecule has 0 unspecified atom stereocenters. The lowest BCUT2D eigenvalue weighted by molar-refractivity contribution is -0.161. The van der Waals surface area contributed by atoms with Crippen LogP contribution in [0.2, 0.25) is 5.02 Å². The van der Waals surface area contributed by atoms with Crippen molar-refractivity contribution in [2.75, 3.05) is 45.2 Å². The van der Waals surface area contributed by atoms with Crippen molar-refractivity contribution in [2.24, 2.45) is 5.92 Å². The molecule has 2 N–H and O–H groups in total. The molecular weight excluding hydrogens is 734 g/mol. The third-order valence-corrected chi connectivity index (χ3v) is 12.2. The second-order valence-corrected chi connectivity index (χ2v) is 16.7. The fourth-order valence-electron chi connectivity index (χ4n) is 6.61. The zero-order valence-corrected chi connectivity index (χ0v) is 33.5. The first-order chi connectivity index (χ1) is 24.5. The first-order valence-electron chi connectivity index (χ1n) is 17.0. The molecule has 2 fully saturated rings. The van der Waals surface area contributed by atoms with E-state index in [1.165, 1.54) is 31.1 Å². The number of halogens is 1. The lowest BCUT2D eigenvalue weighted by Gasteiger charge is -2.42. The number of allylic oxidation sites excluding steroid dienone is 3. The molecule has 4 bridgehead atoms. The Kier molecular flexibility index (Phi) is 14.0. The summed E-state index contributed by atoms with van der Waals surface area (Å²) in [6.07, 6.45) is 3.17. The van der Waals surface area contributed by atoms with E-state index >= 15 is 0 Å². The van der Waals surface area contributed by atoms with E-state index in [-0.39, 0.29) is 30.2 Å². The number of carbonyl (C=O) groups excluding carboxylic acids is 4. The summed E-state index contributed by atoms with van der Waals surface area (Å²) < 4.78 is 29.2. The van der Waals surface area contributed by atoms with Gasteiger partial charge in [0.1, 0.15) is 40.7 Å². The molecule has 3 heterocycles. The molecular formula is C36H50ClN3O10S2. The van der Waals surface area contributed by atoms with Gasteiger partial charge in [-0.25, -0.2) is 9.59 Å². The van der Waals surface area contributed by atoms with Crippen molar-refractivity contribution in [1.29, 1.82) is 0 Å². The zero-order chi connectivity index (χ0) is 38.5. The Morgan fingerprint density at radius 3 is 2.63 bits per heavy atom. The molecule has 2 saturated heterocycles. The Labute approximate surface area is 318 Å². The predicted molar refractivity (Wildman–Crippen MR) is 202 cm³/mol. The summed E-state index contributed by atoms with van der Waals surface area (Å²) in [5.41, 5.74) is -0.884. The van der Waals surface area contributed by atoms with Crippen molar-refractivity contribution in [3.8, 4) is 5.75 Å². The van der Waals surface area contributed by atoms with E-state index in [4.69, 9.17) is 35.3 Å². The van der Waals surface area contributed by atoms with Gasteiger partial charge in [0.05, 0.1) is 25.3 Å². The summed E-state index contributed by atoms with van der Waals surface area (Å²) in [7, 11) is 9.14. The maximum absolute atomic E-state index is 14.1. The molecule has 0 aromatic heterocycles. The topological polar surface area (TPSA) is 156 Å². The Morgan fingerprint density at radius 2 is 1.98 bits per heavy atom. The Morgan fingerprint density at radius 1 is 1.27 bits per heavy atom. The predicted octanol–water partition coefficient (Wildman–Crippen LogP) is 4.92. The van der Waals surface area contributed by atoms with Crippen LogP contribution in [-0.4, -0.2) is 116 Å². The van der Waals surface area contributed by atoms with Gasteiger partial charge in [-0.3, -0.25) is 14.9 Å². The van der Waals surface area contributed by atoms with Gasteiger partial charge in [-0.05, 0) is 51.1 Å². The van der Waals surface area contributed by atoms with Crippen molar-refractivity contribution in [2.45, 2.75) is 95.2 Å². The molecule has 8 atom stereocenters. The second-order valence-electron chi connectivity index (χ2n) is 13.6. The first-order valence-corrected chi connectivity index (χ1v) is 20.1. The van der Waals surface area contributed by atoms with Crippen LogP contribution >= 0.6 is 33.2 Å². The summed E-state index contributed by atoms with van der Waals surface area (Å²) in [6, 6.07) is 2.63. The number of amides is 3. The van der Waals surface area contributed by atoms with Crippen LogP contribution in [-0.2, 0) is 39.8 Å². The molecule has 4 rings (SSSR count). The highest BCUT2D eigenvalue weighted by Crippen LogP contribution is 2.49. The number of alkyl carbamates (subject to hydrolysis) is 1. The summed E-state index contributed by atoms with van der Waals surface area (Å²) in [5.74, 6) is -0.916. The van der Waals surface area contributed by atoms with Crippen LogP contribution in [0.25, 0.3) is 0 Å². The van der Waals surface area contributed by atoms with Crippen LogP contribution in [0.1, 0.15) is 52.5 Å². The van der Waals surface area contributed by atoms with Crippen molar-refractivity contribution < 1.29 is 48.0 Å². The number of carbonyl (C=O) groups is 4. The molecule has 0 saturated carbocycles. The summed E-state index contributed by atoms with van der Waals surface area (Å²) in [5, 5.41) is 14.5. The molecule has 0 spiro atoms. The SMILES string of the molecule is COc1cc2cc(c1Cl)N(C)C(=O)C[C@H](OC(=O)[C@H](C)N(C)C(=O)CCSSC)[C@]1(C)O[C@H]1[C@H](C)[C@@H]1C[C@@](O)(NC(=O)O1)[C@H](OC)C=CC=C(C)C2. The number of hydrogen-bond acceptors (Lipinski definition) is 12. The van der Waals surface area contributed by atoms with E-state index in [9.17, 15) is 24.3 Å². The average molecular weight is 784 g/mol. The molecule has 0 radical (unpaired) electrons. The summed E-state index contributed by atoms with van der Waals surface area (Å²) in [6.45, 7) is 7.02.